The van der Waals surface area contributed by atoms with Gasteiger partial charge >= 0.3 is 0 Å². The molecule has 0 heteroatoms. The summed E-state index contributed by atoms with van der Waals surface area (Å²) in [4.78, 5) is 0. The lowest BCUT2D eigenvalue weighted by atomic mass is 9.70. The Kier molecular flexibility index (Phi) is 5.62. The molecule has 2 rings (SSSR count). The van der Waals surface area contributed by atoms with Crippen molar-refractivity contribution in [2.75, 3.05) is 0 Å². The van der Waals surface area contributed by atoms with Crippen LogP contribution in [0.15, 0.2) is 12.2 Å². The molecule has 0 aromatic heterocycles. The zero-order valence-electron chi connectivity index (χ0n) is 11.9. The van der Waals surface area contributed by atoms with E-state index in [2.05, 4.69) is 32.9 Å². The normalized spacial score (nSPS) is 34.7. The Morgan fingerprint density at radius 2 is 1.47 bits per heavy atom. The summed E-state index contributed by atoms with van der Waals surface area (Å²) in [5.74, 6) is 0.956. The highest BCUT2D eigenvalue weighted by Crippen LogP contribution is 2.54. The Hall–Kier alpha value is -0.260. The van der Waals surface area contributed by atoms with Gasteiger partial charge in [0, 0.05) is 0 Å². The van der Waals surface area contributed by atoms with Gasteiger partial charge < -0.3 is 0 Å². The van der Waals surface area contributed by atoms with E-state index >= 15 is 0 Å². The maximum atomic E-state index is 2.45. The molecule has 0 radical (unpaired) electrons. The molecule has 0 heterocycles. The van der Waals surface area contributed by atoms with E-state index < -0.39 is 0 Å². The molecule has 2 bridgehead atoms. The highest BCUT2D eigenvalue weighted by Gasteiger charge is 2.43. The average Bonchev–Trinajstić information content (AvgIpc) is 2.61. The fourth-order valence-electron chi connectivity index (χ4n) is 2.61. The van der Waals surface area contributed by atoms with Gasteiger partial charge in [-0.3, -0.25) is 0 Å². The summed E-state index contributed by atoms with van der Waals surface area (Å²) in [5, 5.41) is 0. The average molecular weight is 210 g/mol. The van der Waals surface area contributed by atoms with Crippen LogP contribution in [0.4, 0.5) is 0 Å². The Morgan fingerprint density at radius 3 is 1.93 bits per heavy atom. The lowest BCUT2D eigenvalue weighted by molar-refractivity contribution is 0.247. The van der Waals surface area contributed by atoms with Crippen LogP contribution in [0.3, 0.4) is 0 Å². The second-order valence-electron chi connectivity index (χ2n) is 5.25. The van der Waals surface area contributed by atoms with Crippen molar-refractivity contribution >= 4 is 0 Å². The van der Waals surface area contributed by atoms with Gasteiger partial charge in [-0.25, -0.2) is 0 Å². The van der Waals surface area contributed by atoms with Gasteiger partial charge in [-0.1, -0.05) is 60.6 Å². The zero-order chi connectivity index (χ0) is 12.1. The Bertz CT molecular complexity index is 200. The van der Waals surface area contributed by atoms with Gasteiger partial charge in [0.15, 0.2) is 0 Å². The summed E-state index contributed by atoms with van der Waals surface area (Å²) in [5.41, 5.74) is 1.05. The van der Waals surface area contributed by atoms with Crippen molar-refractivity contribution in [2.45, 2.75) is 67.7 Å². The molecular weight excluding hydrogens is 180 g/mol. The minimum atomic E-state index is 0.482. The van der Waals surface area contributed by atoms with Gasteiger partial charge in [-0.2, -0.15) is 0 Å². The van der Waals surface area contributed by atoms with Crippen LogP contribution in [0.2, 0.25) is 0 Å². The predicted molar refractivity (Wildman–Crippen MR) is 71.1 cm³/mol. The molecule has 2 unspecified atom stereocenters. The molecule has 1 saturated carbocycles. The summed E-state index contributed by atoms with van der Waals surface area (Å²) in [6, 6.07) is 0. The van der Waals surface area contributed by atoms with Gasteiger partial charge in [-0.05, 0) is 36.0 Å². The smallest absolute Gasteiger partial charge is 0.0143 e. The number of fused-ring (bicyclic) bond motifs is 2. The van der Waals surface area contributed by atoms with Gasteiger partial charge in [0.2, 0.25) is 0 Å². The van der Waals surface area contributed by atoms with Crippen molar-refractivity contribution < 1.29 is 0 Å². The largest absolute Gasteiger partial charge is 0.0820 e. The fraction of sp³-hybridized carbons (Fsp3) is 0.867. The highest BCUT2D eigenvalue weighted by molar-refractivity contribution is 5.14. The molecule has 2 aliphatic carbocycles. The van der Waals surface area contributed by atoms with Gasteiger partial charge in [0.1, 0.15) is 0 Å². The van der Waals surface area contributed by atoms with Crippen LogP contribution >= 0.6 is 0 Å². The molecule has 90 valence electrons. The van der Waals surface area contributed by atoms with Gasteiger partial charge in [0.05, 0.1) is 0 Å². The van der Waals surface area contributed by atoms with E-state index in [1.54, 1.807) is 0 Å². The van der Waals surface area contributed by atoms with E-state index in [9.17, 15) is 0 Å². The first-order valence-corrected chi connectivity index (χ1v) is 6.72. The zero-order valence-corrected chi connectivity index (χ0v) is 11.9. The fourth-order valence-corrected chi connectivity index (χ4v) is 2.61. The highest BCUT2D eigenvalue weighted by atomic mass is 14.5. The predicted octanol–water partition coefficient (Wildman–Crippen LogP) is 5.44. The topological polar surface area (TPSA) is 0 Å². The standard InChI is InChI=1S/C11H18.2C2H6/c1-10(2)6-7-11(3)5-4-9(10)8-11;2*1-2/h6-7,9H,4-5,8H2,1-3H3;2*1-2H3. The van der Waals surface area contributed by atoms with Crippen molar-refractivity contribution in [3.05, 3.63) is 12.2 Å². The molecule has 0 spiro atoms. The van der Waals surface area contributed by atoms with Crippen LogP contribution in [0.1, 0.15) is 67.7 Å². The Morgan fingerprint density at radius 1 is 0.933 bits per heavy atom. The Labute approximate surface area is 97.2 Å². The van der Waals surface area contributed by atoms with Crippen LogP contribution in [0, 0.1) is 16.7 Å². The van der Waals surface area contributed by atoms with Gasteiger partial charge in [-0.15, -0.1) is 0 Å². The monoisotopic (exact) mass is 210 g/mol. The molecule has 1 fully saturated rings. The van der Waals surface area contributed by atoms with E-state index in [4.69, 9.17) is 0 Å². The van der Waals surface area contributed by atoms with Crippen molar-refractivity contribution in [2.24, 2.45) is 16.7 Å². The summed E-state index contributed by atoms with van der Waals surface area (Å²) in [6.45, 7) is 15.1. The molecule has 2 aliphatic rings. The minimum Gasteiger partial charge on any atom is -0.0820 e. The molecule has 0 N–H and O–H groups in total. The summed E-state index contributed by atoms with van der Waals surface area (Å²) in [7, 11) is 0. The van der Waals surface area contributed by atoms with Crippen LogP contribution in [0.5, 0.6) is 0 Å². The van der Waals surface area contributed by atoms with Crippen molar-refractivity contribution in [1.82, 2.24) is 0 Å². The first-order valence-electron chi connectivity index (χ1n) is 6.72. The number of rotatable bonds is 0. The summed E-state index contributed by atoms with van der Waals surface area (Å²) in [6.07, 6.45) is 9.18. The number of hydrogen-bond donors (Lipinski definition) is 0. The van der Waals surface area contributed by atoms with Crippen LogP contribution in [0.25, 0.3) is 0 Å². The molecular formula is C15H30. The molecule has 0 saturated heterocycles. The molecule has 15 heavy (non-hydrogen) atoms. The first kappa shape index (κ1) is 14.7. The molecule has 0 aliphatic heterocycles. The van der Waals surface area contributed by atoms with E-state index in [0.717, 1.165) is 5.92 Å². The first-order chi connectivity index (χ1) is 7.02. The van der Waals surface area contributed by atoms with E-state index in [-0.39, 0.29) is 0 Å². The lowest BCUT2D eigenvalue weighted by Crippen LogP contribution is -2.25. The summed E-state index contributed by atoms with van der Waals surface area (Å²) < 4.78 is 0. The van der Waals surface area contributed by atoms with Gasteiger partial charge in [0.25, 0.3) is 0 Å². The third-order valence-corrected chi connectivity index (χ3v) is 3.74. The van der Waals surface area contributed by atoms with E-state index in [1.807, 2.05) is 27.7 Å². The molecule has 0 amide bonds. The van der Waals surface area contributed by atoms with E-state index in [0.29, 0.717) is 10.8 Å². The molecule has 2 atom stereocenters. The Balaban J connectivity index is 0.000000442. The summed E-state index contributed by atoms with van der Waals surface area (Å²) >= 11 is 0. The molecule has 0 aromatic carbocycles. The second-order valence-corrected chi connectivity index (χ2v) is 5.25. The van der Waals surface area contributed by atoms with Crippen LogP contribution < -0.4 is 0 Å². The minimum absolute atomic E-state index is 0.482. The third-order valence-electron chi connectivity index (χ3n) is 3.74. The number of hydrogen-bond acceptors (Lipinski definition) is 0. The maximum absolute atomic E-state index is 2.45. The maximum Gasteiger partial charge on any atom is -0.0143 e. The van der Waals surface area contributed by atoms with Crippen molar-refractivity contribution in [3.63, 3.8) is 0 Å². The van der Waals surface area contributed by atoms with Crippen LogP contribution in [-0.2, 0) is 0 Å². The SMILES string of the molecule is CC.CC.CC12C=CC(C)(C)C(CC1)C2. The lowest BCUT2D eigenvalue weighted by Gasteiger charge is -2.34. The number of allylic oxidation sites excluding steroid dienone is 2. The van der Waals surface area contributed by atoms with Crippen molar-refractivity contribution in [3.8, 4) is 0 Å². The van der Waals surface area contributed by atoms with Crippen LogP contribution in [-0.4, -0.2) is 0 Å². The second kappa shape index (κ2) is 5.72. The third kappa shape index (κ3) is 3.36. The van der Waals surface area contributed by atoms with E-state index in [1.165, 1.54) is 19.3 Å². The molecule has 0 aromatic rings. The van der Waals surface area contributed by atoms with Crippen molar-refractivity contribution in [1.29, 1.82) is 0 Å². The quantitative estimate of drug-likeness (QED) is 0.467. The molecule has 0 nitrogen and oxygen atoms in total.